The molecule has 0 saturated heterocycles. The van der Waals surface area contributed by atoms with Gasteiger partial charge in [0.15, 0.2) is 0 Å². The lowest BCUT2D eigenvalue weighted by molar-refractivity contribution is -0.384. The fourth-order valence-corrected chi connectivity index (χ4v) is 2.71. The van der Waals surface area contributed by atoms with E-state index < -0.39 is 4.92 Å². The lowest BCUT2D eigenvalue weighted by Gasteiger charge is -2.24. The molecule has 150 valence electrons. The first-order valence-corrected chi connectivity index (χ1v) is 9.34. The van der Waals surface area contributed by atoms with Gasteiger partial charge in [0.1, 0.15) is 0 Å². The fraction of sp³-hybridized carbons (Fsp3) is 0.579. The molecule has 0 heterocycles. The van der Waals surface area contributed by atoms with Crippen LogP contribution in [0.15, 0.2) is 24.3 Å². The molecule has 0 saturated carbocycles. The zero-order chi connectivity index (χ0) is 20.2. The molecule has 8 heteroatoms. The lowest BCUT2D eigenvalue weighted by atomic mass is 10.1. The van der Waals surface area contributed by atoms with E-state index in [1.807, 2.05) is 0 Å². The van der Waals surface area contributed by atoms with Gasteiger partial charge in [0.2, 0.25) is 0 Å². The summed E-state index contributed by atoms with van der Waals surface area (Å²) in [6.45, 7) is 9.72. The van der Waals surface area contributed by atoms with Crippen LogP contribution in [-0.4, -0.2) is 65.9 Å². The number of rotatable bonds is 12. The third-order valence-corrected chi connectivity index (χ3v) is 4.30. The summed E-state index contributed by atoms with van der Waals surface area (Å²) >= 11 is 0. The van der Waals surface area contributed by atoms with Crippen LogP contribution in [0.1, 0.15) is 44.0 Å². The van der Waals surface area contributed by atoms with E-state index in [1.165, 1.54) is 24.3 Å². The number of nitro benzene ring substituents is 1. The van der Waals surface area contributed by atoms with Crippen molar-refractivity contribution in [2.75, 3.05) is 39.3 Å². The number of nitro groups is 1. The molecule has 0 aliphatic heterocycles. The van der Waals surface area contributed by atoms with Crippen molar-refractivity contribution in [1.82, 2.24) is 9.80 Å². The second-order valence-electron chi connectivity index (χ2n) is 6.03. The molecule has 0 bridgehead atoms. The van der Waals surface area contributed by atoms with E-state index in [4.69, 9.17) is 4.74 Å². The molecular weight excluding hydrogens is 350 g/mol. The van der Waals surface area contributed by atoms with Crippen LogP contribution in [0.5, 0.6) is 0 Å². The van der Waals surface area contributed by atoms with Crippen LogP contribution in [0.2, 0.25) is 0 Å². The van der Waals surface area contributed by atoms with Crippen LogP contribution in [0.4, 0.5) is 5.69 Å². The van der Waals surface area contributed by atoms with Gasteiger partial charge in [0, 0.05) is 30.8 Å². The Hall–Kier alpha value is -2.48. The van der Waals surface area contributed by atoms with Crippen LogP contribution >= 0.6 is 0 Å². The van der Waals surface area contributed by atoms with Gasteiger partial charge in [-0.2, -0.15) is 0 Å². The van der Waals surface area contributed by atoms with Crippen molar-refractivity contribution < 1.29 is 19.2 Å². The molecule has 0 fully saturated rings. The first-order valence-electron chi connectivity index (χ1n) is 9.34. The summed E-state index contributed by atoms with van der Waals surface area (Å²) in [7, 11) is 0. The van der Waals surface area contributed by atoms with E-state index in [0.29, 0.717) is 18.7 Å². The average Bonchev–Trinajstić information content (AvgIpc) is 2.67. The number of benzene rings is 1. The number of carbonyl (C=O) groups excluding carboxylic acids is 2. The summed E-state index contributed by atoms with van der Waals surface area (Å²) in [6.07, 6.45) is 0.904. The van der Waals surface area contributed by atoms with Crippen molar-refractivity contribution >= 4 is 17.6 Å². The maximum absolute atomic E-state index is 12.8. The van der Waals surface area contributed by atoms with E-state index in [1.54, 1.807) is 11.8 Å². The molecule has 27 heavy (non-hydrogen) atoms. The molecule has 8 nitrogen and oxygen atoms in total. The highest BCUT2D eigenvalue weighted by molar-refractivity contribution is 5.94. The monoisotopic (exact) mass is 379 g/mol. The van der Waals surface area contributed by atoms with Crippen molar-refractivity contribution in [3.63, 3.8) is 0 Å². The fourth-order valence-electron chi connectivity index (χ4n) is 2.71. The predicted octanol–water partition coefficient (Wildman–Crippen LogP) is 2.72. The van der Waals surface area contributed by atoms with E-state index >= 15 is 0 Å². The minimum atomic E-state index is -0.503. The Labute approximate surface area is 160 Å². The number of hydrogen-bond acceptors (Lipinski definition) is 6. The highest BCUT2D eigenvalue weighted by Gasteiger charge is 2.18. The van der Waals surface area contributed by atoms with Gasteiger partial charge in [-0.05, 0) is 45.1 Å². The average molecular weight is 379 g/mol. The van der Waals surface area contributed by atoms with E-state index in [9.17, 15) is 19.7 Å². The highest BCUT2D eigenvalue weighted by Crippen LogP contribution is 2.14. The van der Waals surface area contributed by atoms with Gasteiger partial charge < -0.3 is 14.5 Å². The Morgan fingerprint density at radius 3 is 2.19 bits per heavy atom. The number of ether oxygens (including phenoxy) is 1. The van der Waals surface area contributed by atoms with E-state index in [-0.39, 0.29) is 30.5 Å². The Morgan fingerprint density at radius 1 is 1.04 bits per heavy atom. The Balaban J connectivity index is 2.79. The maximum Gasteiger partial charge on any atom is 0.307 e. The van der Waals surface area contributed by atoms with Gasteiger partial charge >= 0.3 is 5.97 Å². The zero-order valence-corrected chi connectivity index (χ0v) is 16.3. The number of amides is 1. The van der Waals surface area contributed by atoms with Crippen LogP contribution in [0.25, 0.3) is 0 Å². The van der Waals surface area contributed by atoms with Gasteiger partial charge in [-0.3, -0.25) is 19.7 Å². The van der Waals surface area contributed by atoms with Crippen molar-refractivity contribution in [2.24, 2.45) is 0 Å². The molecule has 1 rings (SSSR count). The molecule has 0 aliphatic carbocycles. The summed E-state index contributed by atoms with van der Waals surface area (Å²) in [5.41, 5.74) is 0.304. The molecule has 1 aromatic rings. The summed E-state index contributed by atoms with van der Waals surface area (Å²) in [6, 6.07) is 5.52. The summed E-state index contributed by atoms with van der Waals surface area (Å²) in [5, 5.41) is 10.8. The number of carbonyl (C=O) groups is 2. The van der Waals surface area contributed by atoms with Crippen LogP contribution in [-0.2, 0) is 9.53 Å². The van der Waals surface area contributed by atoms with Gasteiger partial charge in [-0.1, -0.05) is 13.8 Å². The maximum atomic E-state index is 12.8. The molecule has 0 N–H and O–H groups in total. The molecule has 0 unspecified atom stereocenters. The summed E-state index contributed by atoms with van der Waals surface area (Å²) in [5.74, 6) is -0.587. The summed E-state index contributed by atoms with van der Waals surface area (Å²) < 4.78 is 4.94. The molecule has 1 aromatic carbocycles. The van der Waals surface area contributed by atoms with Gasteiger partial charge in [-0.15, -0.1) is 0 Å². The molecule has 0 aliphatic rings. The Morgan fingerprint density at radius 2 is 1.67 bits per heavy atom. The minimum absolute atomic E-state index is 0.0637. The number of non-ortho nitro benzene ring substituents is 1. The zero-order valence-electron chi connectivity index (χ0n) is 16.3. The quantitative estimate of drug-likeness (QED) is 0.315. The molecular formula is C19H29N3O5. The molecule has 1 amide bonds. The standard InChI is InChI=1S/C19H29N3O5/c1-4-20(5-2)13-7-14-21(15-12-18(23)27-6-3)19(24)16-8-10-17(11-9-16)22(25)26/h8-11H,4-7,12-15H2,1-3H3. The third-order valence-electron chi connectivity index (χ3n) is 4.30. The van der Waals surface area contributed by atoms with E-state index in [2.05, 4.69) is 18.7 Å². The topological polar surface area (TPSA) is 93.0 Å². The minimum Gasteiger partial charge on any atom is -0.466 e. The summed E-state index contributed by atoms with van der Waals surface area (Å²) in [4.78, 5) is 38.6. The van der Waals surface area contributed by atoms with Gasteiger partial charge in [0.25, 0.3) is 11.6 Å². The van der Waals surface area contributed by atoms with Gasteiger partial charge in [0.05, 0.1) is 18.0 Å². The first kappa shape index (κ1) is 22.6. The van der Waals surface area contributed by atoms with Crippen molar-refractivity contribution in [2.45, 2.75) is 33.6 Å². The number of nitrogens with zero attached hydrogens (tertiary/aromatic N) is 3. The predicted molar refractivity (Wildman–Crippen MR) is 103 cm³/mol. The van der Waals surface area contributed by atoms with E-state index in [0.717, 1.165) is 26.1 Å². The van der Waals surface area contributed by atoms with Crippen LogP contribution in [0, 0.1) is 10.1 Å². The van der Waals surface area contributed by atoms with Gasteiger partial charge in [-0.25, -0.2) is 0 Å². The normalized spacial score (nSPS) is 10.7. The second kappa shape index (κ2) is 12.0. The number of esters is 1. The third kappa shape index (κ3) is 7.74. The first-order chi connectivity index (χ1) is 12.9. The SMILES string of the molecule is CCOC(=O)CCN(CCCN(CC)CC)C(=O)c1ccc([N+](=O)[O-])cc1. The largest absolute Gasteiger partial charge is 0.466 e. The Kier molecular flexibility index (Phi) is 10.0. The molecule has 0 atom stereocenters. The highest BCUT2D eigenvalue weighted by atomic mass is 16.6. The molecule has 0 aromatic heterocycles. The second-order valence-corrected chi connectivity index (χ2v) is 6.03. The van der Waals surface area contributed by atoms with Crippen molar-refractivity contribution in [3.05, 3.63) is 39.9 Å². The van der Waals surface area contributed by atoms with Crippen LogP contribution < -0.4 is 0 Å². The lowest BCUT2D eigenvalue weighted by Crippen LogP contribution is -2.36. The Bertz CT molecular complexity index is 614. The van der Waals surface area contributed by atoms with Crippen LogP contribution in [0.3, 0.4) is 0 Å². The van der Waals surface area contributed by atoms with Crippen molar-refractivity contribution in [3.8, 4) is 0 Å². The number of hydrogen-bond donors (Lipinski definition) is 0. The molecule has 0 radical (unpaired) electrons. The smallest absolute Gasteiger partial charge is 0.307 e. The van der Waals surface area contributed by atoms with Crippen molar-refractivity contribution in [1.29, 1.82) is 0 Å². The molecule has 0 spiro atoms.